The van der Waals surface area contributed by atoms with Crippen molar-refractivity contribution in [3.05, 3.63) is 69.2 Å². The van der Waals surface area contributed by atoms with Crippen molar-refractivity contribution in [1.29, 1.82) is 0 Å². The number of nitrogens with zero attached hydrogens (tertiary/aromatic N) is 2. The third-order valence-electron chi connectivity index (χ3n) is 3.13. The lowest BCUT2D eigenvalue weighted by molar-refractivity contribution is -0.385. The first kappa shape index (κ1) is 16.1. The molecule has 3 rings (SSSR count). The number of hydrogen-bond donors (Lipinski definition) is 1. The van der Waals surface area contributed by atoms with E-state index in [1.165, 1.54) is 29.6 Å². The number of amides is 1. The van der Waals surface area contributed by atoms with Crippen molar-refractivity contribution in [1.82, 2.24) is 4.98 Å². The zero-order valence-electron chi connectivity index (χ0n) is 12.1. The van der Waals surface area contributed by atoms with E-state index in [0.29, 0.717) is 15.7 Å². The molecule has 0 saturated heterocycles. The first-order valence-electron chi connectivity index (χ1n) is 6.81. The topological polar surface area (TPSA) is 85.1 Å². The summed E-state index contributed by atoms with van der Waals surface area (Å²) in [7, 11) is 0. The summed E-state index contributed by atoms with van der Waals surface area (Å²) < 4.78 is 0.862. The Morgan fingerprint density at radius 2 is 2.08 bits per heavy atom. The third kappa shape index (κ3) is 3.58. The summed E-state index contributed by atoms with van der Waals surface area (Å²) in [4.78, 5) is 26.7. The summed E-state index contributed by atoms with van der Waals surface area (Å²) in [5, 5.41) is 14.6. The summed E-state index contributed by atoms with van der Waals surface area (Å²) in [6.07, 6.45) is 2.64. The number of carbonyl (C=O) groups excluding carboxylic acids is 1. The molecule has 0 bridgehead atoms. The summed E-state index contributed by atoms with van der Waals surface area (Å²) in [6, 6.07) is 11.5. The van der Waals surface area contributed by atoms with E-state index in [-0.39, 0.29) is 5.69 Å². The van der Waals surface area contributed by atoms with Gasteiger partial charge in [-0.15, -0.1) is 0 Å². The number of nitro benzene ring substituents is 1. The van der Waals surface area contributed by atoms with Gasteiger partial charge in [0.2, 0.25) is 5.91 Å². The lowest BCUT2D eigenvalue weighted by atomic mass is 10.1. The SMILES string of the molecule is O=C(/C=C/c1ccccc1[N+](=O)[O-])Nc1nc2ccc(Cl)cc2s1. The normalized spacial score (nSPS) is 11.0. The molecule has 24 heavy (non-hydrogen) atoms. The molecule has 120 valence electrons. The predicted molar refractivity (Wildman–Crippen MR) is 95.4 cm³/mol. The Morgan fingerprint density at radius 3 is 2.88 bits per heavy atom. The lowest BCUT2D eigenvalue weighted by Crippen LogP contribution is -2.07. The van der Waals surface area contributed by atoms with Crippen LogP contribution in [-0.4, -0.2) is 15.8 Å². The Labute approximate surface area is 145 Å². The van der Waals surface area contributed by atoms with Crippen molar-refractivity contribution in [2.75, 3.05) is 5.32 Å². The van der Waals surface area contributed by atoms with Crippen LogP contribution >= 0.6 is 22.9 Å². The van der Waals surface area contributed by atoms with Crippen LogP contribution in [0.1, 0.15) is 5.56 Å². The number of hydrogen-bond acceptors (Lipinski definition) is 5. The lowest BCUT2D eigenvalue weighted by Gasteiger charge is -1.97. The van der Waals surface area contributed by atoms with Crippen LogP contribution in [0.2, 0.25) is 5.02 Å². The highest BCUT2D eigenvalue weighted by atomic mass is 35.5. The van der Waals surface area contributed by atoms with Crippen LogP contribution in [-0.2, 0) is 4.79 Å². The van der Waals surface area contributed by atoms with E-state index in [4.69, 9.17) is 11.6 Å². The average Bonchev–Trinajstić information content (AvgIpc) is 2.94. The van der Waals surface area contributed by atoms with Gasteiger partial charge in [0.05, 0.1) is 20.7 Å². The molecule has 2 aromatic carbocycles. The van der Waals surface area contributed by atoms with E-state index in [1.54, 1.807) is 36.4 Å². The standard InChI is InChI=1S/C16H10ClN3O3S/c17-11-6-7-12-14(9-11)24-16(18-12)19-15(21)8-5-10-3-1-2-4-13(10)20(22)23/h1-9H,(H,18,19,21)/b8-5+. The van der Waals surface area contributed by atoms with Crippen molar-refractivity contribution >= 4 is 56.0 Å². The average molecular weight is 360 g/mol. The molecule has 1 amide bonds. The molecule has 0 atom stereocenters. The molecule has 1 N–H and O–H groups in total. The summed E-state index contributed by atoms with van der Waals surface area (Å²) in [5.41, 5.74) is 1.03. The molecular formula is C16H10ClN3O3S. The fourth-order valence-electron chi connectivity index (χ4n) is 2.06. The van der Waals surface area contributed by atoms with Crippen molar-refractivity contribution in [2.24, 2.45) is 0 Å². The zero-order valence-corrected chi connectivity index (χ0v) is 13.7. The van der Waals surface area contributed by atoms with Crippen LogP contribution in [0.4, 0.5) is 10.8 Å². The third-order valence-corrected chi connectivity index (χ3v) is 4.30. The second-order valence-electron chi connectivity index (χ2n) is 4.77. The van der Waals surface area contributed by atoms with E-state index < -0.39 is 10.8 Å². The van der Waals surface area contributed by atoms with Crippen molar-refractivity contribution in [3.63, 3.8) is 0 Å². The molecule has 0 aliphatic carbocycles. The van der Waals surface area contributed by atoms with Gasteiger partial charge < -0.3 is 0 Å². The number of aromatic nitrogens is 1. The predicted octanol–water partition coefficient (Wildman–Crippen LogP) is 4.51. The second-order valence-corrected chi connectivity index (χ2v) is 6.24. The molecule has 0 radical (unpaired) electrons. The number of halogens is 1. The van der Waals surface area contributed by atoms with Crippen molar-refractivity contribution in [3.8, 4) is 0 Å². The van der Waals surface area contributed by atoms with Crippen molar-refractivity contribution < 1.29 is 9.72 Å². The van der Waals surface area contributed by atoms with Gasteiger partial charge in [0.15, 0.2) is 5.13 Å². The Morgan fingerprint density at radius 1 is 1.29 bits per heavy atom. The minimum absolute atomic E-state index is 0.0591. The first-order chi connectivity index (χ1) is 11.5. The van der Waals surface area contributed by atoms with Crippen LogP contribution in [0.25, 0.3) is 16.3 Å². The number of nitro groups is 1. The van der Waals surface area contributed by atoms with Gasteiger partial charge in [0, 0.05) is 17.2 Å². The largest absolute Gasteiger partial charge is 0.298 e. The Bertz CT molecular complexity index is 968. The highest BCUT2D eigenvalue weighted by Crippen LogP contribution is 2.28. The molecule has 6 nitrogen and oxygen atoms in total. The van der Waals surface area contributed by atoms with Crippen LogP contribution in [0.15, 0.2) is 48.5 Å². The molecule has 0 aliphatic rings. The maximum absolute atomic E-state index is 12.0. The minimum Gasteiger partial charge on any atom is -0.298 e. The fraction of sp³-hybridized carbons (Fsp3) is 0. The van der Waals surface area contributed by atoms with Crippen LogP contribution in [0, 0.1) is 10.1 Å². The molecule has 0 unspecified atom stereocenters. The maximum Gasteiger partial charge on any atom is 0.276 e. The number of rotatable bonds is 4. The van der Waals surface area contributed by atoms with Gasteiger partial charge in [-0.05, 0) is 30.3 Å². The molecular weight excluding hydrogens is 350 g/mol. The van der Waals surface area contributed by atoms with E-state index in [0.717, 1.165) is 10.2 Å². The van der Waals surface area contributed by atoms with Gasteiger partial charge in [0.25, 0.3) is 5.69 Å². The number of anilines is 1. The molecule has 1 heterocycles. The molecule has 1 aromatic heterocycles. The summed E-state index contributed by atoms with van der Waals surface area (Å²) in [6.45, 7) is 0. The molecule has 3 aromatic rings. The summed E-state index contributed by atoms with van der Waals surface area (Å²) >= 11 is 7.22. The van der Waals surface area contributed by atoms with Crippen LogP contribution in [0.5, 0.6) is 0 Å². The Kier molecular flexibility index (Phi) is 4.54. The molecule has 0 fully saturated rings. The highest BCUT2D eigenvalue weighted by Gasteiger charge is 2.10. The van der Waals surface area contributed by atoms with Gasteiger partial charge in [-0.3, -0.25) is 20.2 Å². The van der Waals surface area contributed by atoms with E-state index in [9.17, 15) is 14.9 Å². The first-order valence-corrected chi connectivity index (χ1v) is 8.01. The monoisotopic (exact) mass is 359 g/mol. The maximum atomic E-state index is 12.0. The molecule has 0 saturated carbocycles. The number of thiazole rings is 1. The highest BCUT2D eigenvalue weighted by molar-refractivity contribution is 7.22. The smallest absolute Gasteiger partial charge is 0.276 e. The van der Waals surface area contributed by atoms with Gasteiger partial charge in [-0.25, -0.2) is 4.98 Å². The minimum atomic E-state index is -0.491. The van der Waals surface area contributed by atoms with Gasteiger partial charge in [0.1, 0.15) is 0 Å². The van der Waals surface area contributed by atoms with Crippen LogP contribution < -0.4 is 5.32 Å². The Hall–Kier alpha value is -2.77. The van der Waals surface area contributed by atoms with E-state index in [1.807, 2.05) is 0 Å². The number of benzene rings is 2. The molecule has 8 heteroatoms. The quantitative estimate of drug-likeness (QED) is 0.422. The molecule has 0 spiro atoms. The number of para-hydroxylation sites is 1. The number of carbonyl (C=O) groups is 1. The van der Waals surface area contributed by atoms with Crippen LogP contribution in [0.3, 0.4) is 0 Å². The molecule has 0 aliphatic heterocycles. The number of nitrogens with one attached hydrogen (secondary N) is 1. The van der Waals surface area contributed by atoms with Gasteiger partial charge in [-0.1, -0.05) is 35.1 Å². The number of fused-ring (bicyclic) bond motifs is 1. The zero-order chi connectivity index (χ0) is 17.1. The summed E-state index contributed by atoms with van der Waals surface area (Å²) in [5.74, 6) is -0.418. The van der Waals surface area contributed by atoms with E-state index in [2.05, 4.69) is 10.3 Å². The van der Waals surface area contributed by atoms with Crippen molar-refractivity contribution in [2.45, 2.75) is 0 Å². The van der Waals surface area contributed by atoms with E-state index >= 15 is 0 Å². The van der Waals surface area contributed by atoms with Gasteiger partial charge >= 0.3 is 0 Å². The Balaban J connectivity index is 1.76. The fourth-order valence-corrected chi connectivity index (χ4v) is 3.20. The second kappa shape index (κ2) is 6.77. The van der Waals surface area contributed by atoms with Gasteiger partial charge in [-0.2, -0.15) is 0 Å².